The van der Waals surface area contributed by atoms with Crippen LogP contribution in [0.4, 0.5) is 9.52 Å². The second kappa shape index (κ2) is 10.0. The van der Waals surface area contributed by atoms with E-state index in [1.807, 2.05) is 29.2 Å². The molecule has 0 N–H and O–H groups in total. The largest absolute Gasteiger partial charge is 0.347 e. The van der Waals surface area contributed by atoms with Crippen molar-refractivity contribution in [2.45, 2.75) is 12.8 Å². The van der Waals surface area contributed by atoms with E-state index in [0.717, 1.165) is 61.9 Å². The standard InChI is InChI=1S/C26H29FN4OS/c27-22-11-4-12-23-24(22)28-26(33-23)31-14-6-10-21(19-31)25(32)30-17-15-29(16-18-30)13-5-9-20-7-2-1-3-8-20/h1-5,7-9,11-12,21H,6,10,13-19H2/b9-5+. The molecule has 2 saturated heterocycles. The van der Waals surface area contributed by atoms with Crippen LogP contribution in [0.5, 0.6) is 0 Å². The van der Waals surface area contributed by atoms with E-state index in [1.165, 1.54) is 23.0 Å². The van der Waals surface area contributed by atoms with E-state index in [1.54, 1.807) is 6.07 Å². The van der Waals surface area contributed by atoms with Gasteiger partial charge in [0, 0.05) is 45.8 Å². The number of carbonyl (C=O) groups excluding carboxylic acids is 1. The van der Waals surface area contributed by atoms with Gasteiger partial charge in [-0.1, -0.05) is 59.9 Å². The third-order valence-corrected chi connectivity index (χ3v) is 7.64. The Morgan fingerprint density at radius 3 is 2.67 bits per heavy atom. The third-order valence-electron chi connectivity index (χ3n) is 6.56. The average molecular weight is 465 g/mol. The number of anilines is 1. The zero-order chi connectivity index (χ0) is 22.6. The number of carbonyl (C=O) groups is 1. The number of rotatable bonds is 5. The van der Waals surface area contributed by atoms with Crippen molar-refractivity contribution in [1.29, 1.82) is 0 Å². The van der Waals surface area contributed by atoms with Crippen molar-refractivity contribution < 1.29 is 9.18 Å². The van der Waals surface area contributed by atoms with E-state index in [9.17, 15) is 9.18 Å². The van der Waals surface area contributed by atoms with Crippen LogP contribution in [0.15, 0.2) is 54.6 Å². The summed E-state index contributed by atoms with van der Waals surface area (Å²) in [6.45, 7) is 5.80. The van der Waals surface area contributed by atoms with Gasteiger partial charge in [0.15, 0.2) is 5.13 Å². The molecule has 0 saturated carbocycles. The summed E-state index contributed by atoms with van der Waals surface area (Å²) in [5, 5.41) is 0.822. The van der Waals surface area contributed by atoms with Gasteiger partial charge in [0.25, 0.3) is 0 Å². The molecule has 2 fully saturated rings. The van der Waals surface area contributed by atoms with Crippen LogP contribution in [0.3, 0.4) is 0 Å². The number of aromatic nitrogens is 1. The van der Waals surface area contributed by atoms with E-state index >= 15 is 0 Å². The number of fused-ring (bicyclic) bond motifs is 1. The molecule has 0 spiro atoms. The number of para-hydroxylation sites is 1. The minimum Gasteiger partial charge on any atom is -0.347 e. The molecular weight excluding hydrogens is 435 g/mol. The smallest absolute Gasteiger partial charge is 0.227 e. The third kappa shape index (κ3) is 5.09. The maximum absolute atomic E-state index is 14.1. The maximum Gasteiger partial charge on any atom is 0.227 e. The Morgan fingerprint density at radius 1 is 1.06 bits per heavy atom. The molecule has 3 aromatic rings. The fourth-order valence-corrected chi connectivity index (χ4v) is 5.72. The zero-order valence-corrected chi connectivity index (χ0v) is 19.5. The van der Waals surface area contributed by atoms with E-state index in [2.05, 4.69) is 39.1 Å². The fourth-order valence-electron chi connectivity index (χ4n) is 4.70. The minimum absolute atomic E-state index is 0.0138. The van der Waals surface area contributed by atoms with E-state index in [0.29, 0.717) is 12.1 Å². The minimum atomic E-state index is -0.281. The number of amides is 1. The van der Waals surface area contributed by atoms with Crippen LogP contribution in [-0.2, 0) is 4.79 Å². The van der Waals surface area contributed by atoms with Crippen LogP contribution >= 0.6 is 11.3 Å². The summed E-state index contributed by atoms with van der Waals surface area (Å²) in [5.41, 5.74) is 1.65. The Labute approximate surface area is 198 Å². The lowest BCUT2D eigenvalue weighted by Gasteiger charge is -2.38. The lowest BCUT2D eigenvalue weighted by molar-refractivity contribution is -0.137. The quantitative estimate of drug-likeness (QED) is 0.557. The second-order valence-electron chi connectivity index (χ2n) is 8.81. The highest BCUT2D eigenvalue weighted by Gasteiger charge is 2.32. The lowest BCUT2D eigenvalue weighted by atomic mass is 9.96. The number of halogens is 1. The SMILES string of the molecule is O=C(C1CCCN(c2nc3c(F)cccc3s2)C1)N1CCN(C/C=C/c2ccccc2)CC1. The van der Waals surface area contributed by atoms with Gasteiger partial charge in [-0.25, -0.2) is 9.37 Å². The van der Waals surface area contributed by atoms with Gasteiger partial charge in [0.05, 0.1) is 10.6 Å². The molecule has 1 unspecified atom stereocenters. The summed E-state index contributed by atoms with van der Waals surface area (Å²) in [7, 11) is 0. The van der Waals surface area contributed by atoms with E-state index in [-0.39, 0.29) is 17.6 Å². The number of hydrogen-bond acceptors (Lipinski definition) is 5. The maximum atomic E-state index is 14.1. The first-order chi connectivity index (χ1) is 16.2. The first-order valence-electron chi connectivity index (χ1n) is 11.7. The molecule has 2 aromatic carbocycles. The summed E-state index contributed by atoms with van der Waals surface area (Å²) in [4.78, 5) is 24.4. The van der Waals surface area contributed by atoms with Crippen LogP contribution in [0.25, 0.3) is 16.3 Å². The number of nitrogens with zero attached hydrogens (tertiary/aromatic N) is 4. The van der Waals surface area contributed by atoms with Crippen LogP contribution < -0.4 is 4.90 Å². The number of benzene rings is 2. The van der Waals surface area contributed by atoms with Gasteiger partial charge < -0.3 is 9.80 Å². The Morgan fingerprint density at radius 2 is 1.88 bits per heavy atom. The second-order valence-corrected chi connectivity index (χ2v) is 9.82. The fraction of sp³-hybridized carbons (Fsp3) is 0.385. The number of piperidine rings is 1. The molecule has 7 heteroatoms. The molecule has 0 radical (unpaired) electrons. The number of piperazine rings is 1. The molecule has 2 aliphatic heterocycles. The normalized spacial score (nSPS) is 20.1. The van der Waals surface area contributed by atoms with Gasteiger partial charge in [-0.15, -0.1) is 0 Å². The van der Waals surface area contributed by atoms with Crippen LogP contribution in [0.2, 0.25) is 0 Å². The van der Waals surface area contributed by atoms with Gasteiger partial charge in [0.2, 0.25) is 5.91 Å². The predicted octanol–water partition coefficient (Wildman–Crippen LogP) is 4.51. The molecule has 5 rings (SSSR count). The topological polar surface area (TPSA) is 39.7 Å². The first kappa shape index (κ1) is 22.0. The van der Waals surface area contributed by atoms with Crippen molar-refractivity contribution in [3.8, 4) is 0 Å². The Balaban J connectivity index is 1.14. The summed E-state index contributed by atoms with van der Waals surface area (Å²) in [6.07, 6.45) is 6.22. The van der Waals surface area contributed by atoms with Crippen molar-refractivity contribution in [3.05, 3.63) is 66.0 Å². The highest BCUT2D eigenvalue weighted by atomic mass is 32.1. The molecule has 0 bridgehead atoms. The van der Waals surface area contributed by atoms with Gasteiger partial charge in [0.1, 0.15) is 11.3 Å². The Bertz CT molecular complexity index is 1120. The summed E-state index contributed by atoms with van der Waals surface area (Å²) >= 11 is 1.51. The molecule has 1 aromatic heterocycles. The van der Waals surface area contributed by atoms with Gasteiger partial charge in [-0.3, -0.25) is 9.69 Å². The van der Waals surface area contributed by atoms with Gasteiger partial charge >= 0.3 is 0 Å². The predicted molar refractivity (Wildman–Crippen MR) is 133 cm³/mol. The van der Waals surface area contributed by atoms with Crippen molar-refractivity contribution in [2.75, 3.05) is 50.7 Å². The molecule has 1 atom stereocenters. The zero-order valence-electron chi connectivity index (χ0n) is 18.7. The van der Waals surface area contributed by atoms with Crippen molar-refractivity contribution in [3.63, 3.8) is 0 Å². The van der Waals surface area contributed by atoms with Crippen molar-refractivity contribution in [1.82, 2.24) is 14.8 Å². The Hall–Kier alpha value is -2.77. The first-order valence-corrected chi connectivity index (χ1v) is 12.5. The number of hydrogen-bond donors (Lipinski definition) is 0. The van der Waals surface area contributed by atoms with Crippen LogP contribution in [0.1, 0.15) is 18.4 Å². The lowest BCUT2D eigenvalue weighted by Crippen LogP contribution is -2.52. The van der Waals surface area contributed by atoms with E-state index in [4.69, 9.17) is 0 Å². The Kier molecular flexibility index (Phi) is 6.69. The van der Waals surface area contributed by atoms with Gasteiger partial charge in [-0.05, 0) is 30.5 Å². The highest BCUT2D eigenvalue weighted by Crippen LogP contribution is 2.33. The summed E-state index contributed by atoms with van der Waals surface area (Å²) in [6, 6.07) is 15.4. The molecular formula is C26H29FN4OS. The summed E-state index contributed by atoms with van der Waals surface area (Å²) < 4.78 is 14.9. The number of thiazole rings is 1. The molecule has 33 heavy (non-hydrogen) atoms. The molecule has 1 amide bonds. The highest BCUT2D eigenvalue weighted by molar-refractivity contribution is 7.22. The van der Waals surface area contributed by atoms with Crippen molar-refractivity contribution in [2.24, 2.45) is 5.92 Å². The molecule has 172 valence electrons. The van der Waals surface area contributed by atoms with E-state index < -0.39 is 0 Å². The summed E-state index contributed by atoms with van der Waals surface area (Å²) in [5.74, 6) is -0.0391. The molecule has 3 heterocycles. The molecule has 2 aliphatic rings. The molecule has 0 aliphatic carbocycles. The van der Waals surface area contributed by atoms with Crippen LogP contribution in [-0.4, -0.2) is 66.5 Å². The monoisotopic (exact) mass is 464 g/mol. The van der Waals surface area contributed by atoms with Crippen LogP contribution in [0, 0.1) is 11.7 Å². The van der Waals surface area contributed by atoms with Crippen molar-refractivity contribution >= 4 is 38.7 Å². The van der Waals surface area contributed by atoms with Gasteiger partial charge in [-0.2, -0.15) is 0 Å². The molecule has 5 nitrogen and oxygen atoms in total. The average Bonchev–Trinajstić information content (AvgIpc) is 3.31.